The first-order valence-corrected chi connectivity index (χ1v) is 28.1. The van der Waals surface area contributed by atoms with Gasteiger partial charge in [0, 0.05) is 38.1 Å². The number of benzene rings is 1. The number of methoxy groups -OCH3 is 1. The molecule has 0 saturated heterocycles. The lowest BCUT2D eigenvalue weighted by molar-refractivity contribution is -0.131. The average molecular weight is 1150 g/mol. The molecule has 2 rings (SSSR count). The van der Waals surface area contributed by atoms with Gasteiger partial charge in [-0.2, -0.15) is 0 Å². The Kier molecular flexibility index (Phi) is 57.1. The molecule has 0 saturated carbocycles. The van der Waals surface area contributed by atoms with E-state index in [4.69, 9.17) is 53.1 Å². The number of amides is 7. The Balaban J connectivity index is -0.00000412. The number of nitrogens with one attached hydrogen (secondary N) is 6. The molecule has 8 N–H and O–H groups in total. The summed E-state index contributed by atoms with van der Waals surface area (Å²) in [6.45, 7) is 29.5. The molecule has 0 bridgehead atoms. The van der Waals surface area contributed by atoms with Crippen molar-refractivity contribution < 1.29 is 76.1 Å². The van der Waals surface area contributed by atoms with Crippen LogP contribution in [-0.2, 0) is 86.1 Å². The highest BCUT2D eigenvalue weighted by molar-refractivity contribution is 5.98. The maximum absolute atomic E-state index is 12.8. The Hall–Kier alpha value is -5.58. The lowest BCUT2D eigenvalue weighted by Crippen LogP contribution is -2.51. The number of urea groups is 1. The van der Waals surface area contributed by atoms with Gasteiger partial charge in [0.05, 0.1) is 125 Å². The molecule has 7 amide bonds. The number of alkyl carbamates (subject to hydrolysis) is 1. The van der Waals surface area contributed by atoms with E-state index in [1.165, 1.54) is 0 Å². The van der Waals surface area contributed by atoms with Gasteiger partial charge in [-0.15, -0.1) is 5.10 Å². The summed E-state index contributed by atoms with van der Waals surface area (Å²) in [4.78, 5) is 72.9. The second-order valence-electron chi connectivity index (χ2n) is 16.2. The van der Waals surface area contributed by atoms with Crippen molar-refractivity contribution in [1.29, 1.82) is 0 Å². The minimum atomic E-state index is -0.832. The molecule has 2 aromatic rings. The predicted octanol–water partition coefficient (Wildman–Crippen LogP) is 4.62. The molecule has 0 aliphatic rings. The molecule has 0 fully saturated rings. The zero-order valence-corrected chi connectivity index (χ0v) is 50.3. The molecular formula is C54H102N10O16. The molecular weight excluding hydrogens is 1040 g/mol. The number of primary amides is 1. The summed E-state index contributed by atoms with van der Waals surface area (Å²) in [5.41, 5.74) is 6.72. The highest BCUT2D eigenvalue weighted by Gasteiger charge is 2.24. The molecule has 1 unspecified atom stereocenters. The van der Waals surface area contributed by atoms with Crippen LogP contribution in [0.15, 0.2) is 24.4 Å². The molecule has 80 heavy (non-hydrogen) atoms. The topological polar surface area (TPSA) is 324 Å². The summed E-state index contributed by atoms with van der Waals surface area (Å²) in [6.07, 6.45) is 3.25. The van der Waals surface area contributed by atoms with Crippen LogP contribution < -0.4 is 37.6 Å². The second kappa shape index (κ2) is 58.1. The molecule has 1 atom stereocenters. The fourth-order valence-electron chi connectivity index (χ4n) is 5.77. The first kappa shape index (κ1) is 78.6. The zero-order valence-electron chi connectivity index (χ0n) is 50.3. The Morgan fingerprint density at radius 2 is 1.10 bits per heavy atom. The van der Waals surface area contributed by atoms with Crippen LogP contribution in [0.3, 0.4) is 0 Å². The summed E-state index contributed by atoms with van der Waals surface area (Å²) in [6, 6.07) is 3.72. The maximum atomic E-state index is 12.8. The average Bonchev–Trinajstić information content (AvgIpc) is 3.92. The van der Waals surface area contributed by atoms with Crippen LogP contribution in [0, 0.1) is 5.92 Å². The summed E-state index contributed by atoms with van der Waals surface area (Å²) in [5.74, 6) is -2.08. The van der Waals surface area contributed by atoms with Crippen LogP contribution in [0.25, 0.3) is 0 Å². The van der Waals surface area contributed by atoms with E-state index < -0.39 is 35.9 Å². The van der Waals surface area contributed by atoms with E-state index in [1.54, 1.807) is 50.0 Å². The van der Waals surface area contributed by atoms with Gasteiger partial charge >= 0.3 is 12.1 Å². The largest absolute Gasteiger partial charge is 0.443 e. The quantitative estimate of drug-likeness (QED) is 0.0445. The molecule has 1 heterocycles. The normalized spacial score (nSPS) is 10.7. The van der Waals surface area contributed by atoms with Crippen molar-refractivity contribution in [2.45, 2.75) is 121 Å². The third kappa shape index (κ3) is 47.2. The smallest absolute Gasteiger partial charge is 0.407 e. The molecule has 0 aliphatic heterocycles. The van der Waals surface area contributed by atoms with Gasteiger partial charge in [0.1, 0.15) is 24.9 Å². The number of aryl methyl sites for hydroxylation is 1. The Morgan fingerprint density at radius 3 is 1.57 bits per heavy atom. The number of nitrogens with zero attached hydrogens (tertiary/aromatic N) is 3. The molecule has 1 aromatic heterocycles. The van der Waals surface area contributed by atoms with Gasteiger partial charge in [-0.1, -0.05) is 87.4 Å². The van der Waals surface area contributed by atoms with Crippen molar-refractivity contribution in [2.24, 2.45) is 11.7 Å². The first-order chi connectivity index (χ1) is 38.8. The monoisotopic (exact) mass is 1150 g/mol. The maximum Gasteiger partial charge on any atom is 0.407 e. The van der Waals surface area contributed by atoms with E-state index in [9.17, 15) is 28.8 Å². The fourth-order valence-corrected chi connectivity index (χ4v) is 5.77. The number of carbonyl (C=O) groups excluding carboxylic acids is 6. The van der Waals surface area contributed by atoms with Crippen molar-refractivity contribution in [3.05, 3.63) is 35.7 Å². The summed E-state index contributed by atoms with van der Waals surface area (Å²) >= 11 is 0. The van der Waals surface area contributed by atoms with Gasteiger partial charge in [-0.05, 0) is 42.9 Å². The molecule has 1 aromatic carbocycles. The molecule has 464 valence electrons. The van der Waals surface area contributed by atoms with Gasteiger partial charge in [0.2, 0.25) is 23.6 Å². The van der Waals surface area contributed by atoms with Gasteiger partial charge in [-0.25, -0.2) is 14.3 Å². The number of aromatic nitrogens is 3. The van der Waals surface area contributed by atoms with Gasteiger partial charge in [0.25, 0.3) is 0 Å². The van der Waals surface area contributed by atoms with Crippen molar-refractivity contribution in [3.63, 3.8) is 0 Å². The zero-order chi connectivity index (χ0) is 60.4. The van der Waals surface area contributed by atoms with Crippen LogP contribution in [0.2, 0.25) is 0 Å². The van der Waals surface area contributed by atoms with E-state index >= 15 is 0 Å². The number of ether oxygens (including phenoxy) is 10. The third-order valence-corrected chi connectivity index (χ3v) is 9.57. The minimum Gasteiger partial charge on any atom is -0.443 e. The number of anilines is 2. The van der Waals surface area contributed by atoms with E-state index in [0.29, 0.717) is 142 Å². The number of nitrogens with two attached hydrogens (primary N) is 1. The van der Waals surface area contributed by atoms with E-state index in [0.717, 1.165) is 18.4 Å². The number of hydrogen-bond acceptors (Lipinski definition) is 18. The Bertz CT molecular complexity index is 1830. The van der Waals surface area contributed by atoms with E-state index in [-0.39, 0.29) is 44.5 Å². The van der Waals surface area contributed by atoms with Crippen molar-refractivity contribution in [3.8, 4) is 0 Å². The first-order valence-electron chi connectivity index (χ1n) is 28.1. The van der Waals surface area contributed by atoms with Crippen LogP contribution >= 0.6 is 0 Å². The van der Waals surface area contributed by atoms with E-state index in [2.05, 4.69) is 42.2 Å². The van der Waals surface area contributed by atoms with Crippen LogP contribution in [0.4, 0.5) is 21.0 Å². The van der Waals surface area contributed by atoms with Gasteiger partial charge in [-0.3, -0.25) is 19.2 Å². The Morgan fingerprint density at radius 1 is 0.600 bits per heavy atom. The SMILES string of the molecule is CC.CC.CC.CCCNC(N)=O.CCCOCCC(=O)NC(C(=O)NCC(=O)Nc1ccc(CC)c(NC(=O)CNC(=O)OCc2cn(CCOCCOCCOCCOCCOCCOCCOCCOC)nn2)c1)C(C)C. The molecule has 26 nitrogen and oxygen atoms in total. The lowest BCUT2D eigenvalue weighted by Gasteiger charge is -2.21. The summed E-state index contributed by atoms with van der Waals surface area (Å²) in [7, 11) is 1.63. The highest BCUT2D eigenvalue weighted by Crippen LogP contribution is 2.22. The van der Waals surface area contributed by atoms with Crippen molar-refractivity contribution in [1.82, 2.24) is 36.3 Å². The summed E-state index contributed by atoms with van der Waals surface area (Å²) < 4.78 is 55.2. The van der Waals surface area contributed by atoms with Gasteiger partial charge < -0.3 is 85.0 Å². The van der Waals surface area contributed by atoms with Gasteiger partial charge in [0.15, 0.2) is 0 Å². The van der Waals surface area contributed by atoms with Crippen LogP contribution in [-0.4, -0.2) is 196 Å². The molecule has 0 aliphatic carbocycles. The standard InChI is InChI=1S/C44H74N8O15.C4H10N2O.3C2H6/c1-6-12-59-13-10-39(53)49-42(34(3)4)43(56)45-30-40(54)47-36-9-8-35(7-2)38(29-36)48-41(55)31-46-44(57)67-33-37-32-52(51-50-37)11-14-60-17-18-62-21-22-64-25-26-66-28-27-65-24-23-63-20-19-61-16-15-58-5;1-2-3-6-4(5)7;3*1-2/h8-9,29,32,34,42H,6-7,10-28,30-31,33H2,1-5H3,(H,45,56)(H,46,57)(H,47,54)(H,48,55)(H,49,53);2-3H2,1H3,(H3,5,6,7);3*1-2H3. The van der Waals surface area contributed by atoms with Crippen molar-refractivity contribution >= 4 is 47.1 Å². The summed E-state index contributed by atoms with van der Waals surface area (Å²) in [5, 5.41) is 23.6. The second-order valence-corrected chi connectivity index (χ2v) is 16.2. The van der Waals surface area contributed by atoms with E-state index in [1.807, 2.05) is 62.3 Å². The van der Waals surface area contributed by atoms with Crippen molar-refractivity contribution in [2.75, 3.05) is 150 Å². The third-order valence-electron chi connectivity index (χ3n) is 9.57. The fraction of sp³-hybridized carbons (Fsp3) is 0.741. The lowest BCUT2D eigenvalue weighted by atomic mass is 10.0. The minimum absolute atomic E-state index is 0.119. The van der Waals surface area contributed by atoms with Crippen LogP contribution in [0.1, 0.15) is 107 Å². The Labute approximate surface area is 476 Å². The molecule has 0 radical (unpaired) electrons. The number of rotatable bonds is 43. The number of hydrogen-bond donors (Lipinski definition) is 7. The molecule has 0 spiro atoms. The highest BCUT2D eigenvalue weighted by atomic mass is 16.6. The van der Waals surface area contributed by atoms with Crippen LogP contribution in [0.5, 0.6) is 0 Å². The molecule has 26 heteroatoms. The predicted molar refractivity (Wildman–Crippen MR) is 306 cm³/mol. The number of carbonyl (C=O) groups is 6.